The summed E-state index contributed by atoms with van der Waals surface area (Å²) in [7, 11) is 2.92. The number of benzene rings is 3. The maximum absolute atomic E-state index is 13.7. The number of allylic oxidation sites excluding steroid dienone is 1. The van der Waals surface area contributed by atoms with Crippen LogP contribution in [0.4, 0.5) is 0 Å². The van der Waals surface area contributed by atoms with E-state index in [1.165, 1.54) is 24.0 Å². The van der Waals surface area contributed by atoms with Crippen LogP contribution in [-0.4, -0.2) is 24.8 Å². The number of ether oxygens (including phenoxy) is 3. The Kier molecular flexibility index (Phi) is 7.47. The second kappa shape index (κ2) is 11.1. The van der Waals surface area contributed by atoms with Crippen LogP contribution in [0.5, 0.6) is 11.5 Å². The van der Waals surface area contributed by atoms with Crippen molar-refractivity contribution < 1.29 is 19.0 Å². The molecule has 8 heteroatoms. The van der Waals surface area contributed by atoms with Crippen molar-refractivity contribution in [3.05, 3.63) is 126 Å². The van der Waals surface area contributed by atoms with Crippen molar-refractivity contribution in [2.45, 2.75) is 26.5 Å². The molecule has 7 nitrogen and oxygen atoms in total. The van der Waals surface area contributed by atoms with E-state index in [0.717, 1.165) is 16.7 Å². The summed E-state index contributed by atoms with van der Waals surface area (Å²) >= 11 is 1.28. The summed E-state index contributed by atoms with van der Waals surface area (Å²) in [5.41, 5.74) is 4.46. The van der Waals surface area contributed by atoms with Crippen LogP contribution in [0.1, 0.15) is 35.2 Å². The molecule has 4 aromatic rings. The molecule has 1 aliphatic heterocycles. The van der Waals surface area contributed by atoms with Crippen LogP contribution in [0, 0.1) is 6.92 Å². The van der Waals surface area contributed by atoms with Crippen molar-refractivity contribution in [1.29, 1.82) is 0 Å². The summed E-state index contributed by atoms with van der Waals surface area (Å²) in [4.78, 5) is 31.6. The molecule has 1 aliphatic rings. The fraction of sp³-hybridized carbons (Fsp3) is 0.194. The molecule has 0 radical (unpaired) electrons. The summed E-state index contributed by atoms with van der Waals surface area (Å²) in [6.07, 6.45) is 1.80. The molecule has 0 saturated heterocycles. The van der Waals surface area contributed by atoms with Crippen molar-refractivity contribution in [3.8, 4) is 11.5 Å². The summed E-state index contributed by atoms with van der Waals surface area (Å²) in [5.74, 6) is 0.667. The Bertz CT molecular complexity index is 1750. The summed E-state index contributed by atoms with van der Waals surface area (Å²) in [6, 6.07) is 22.5. The third-order valence-corrected chi connectivity index (χ3v) is 7.49. The quantitative estimate of drug-likeness (QED) is 0.327. The minimum absolute atomic E-state index is 0.236. The maximum Gasteiger partial charge on any atom is 0.338 e. The van der Waals surface area contributed by atoms with E-state index in [1.807, 2.05) is 73.7 Å². The van der Waals surface area contributed by atoms with E-state index in [1.54, 1.807) is 24.7 Å². The van der Waals surface area contributed by atoms with Gasteiger partial charge in [-0.25, -0.2) is 9.79 Å². The van der Waals surface area contributed by atoms with Gasteiger partial charge in [0.25, 0.3) is 5.56 Å². The fourth-order valence-corrected chi connectivity index (χ4v) is 5.70. The minimum atomic E-state index is -0.635. The van der Waals surface area contributed by atoms with Crippen molar-refractivity contribution >= 4 is 23.4 Å². The average Bonchev–Trinajstić information content (AvgIpc) is 3.25. The van der Waals surface area contributed by atoms with Crippen molar-refractivity contribution in [1.82, 2.24) is 4.57 Å². The Morgan fingerprint density at radius 2 is 1.79 bits per heavy atom. The van der Waals surface area contributed by atoms with E-state index >= 15 is 0 Å². The molecule has 0 saturated carbocycles. The van der Waals surface area contributed by atoms with Crippen LogP contribution in [-0.2, 0) is 16.1 Å². The average molecular weight is 541 g/mol. The summed E-state index contributed by atoms with van der Waals surface area (Å²) in [5, 5.41) is 0. The standard InChI is InChI=1S/C31H28N2O5S/c1-19-9-8-10-22(15-19)18-38-24-14-13-21(16-25(24)36-3)17-26-29(34)33-28(23-11-6-5-7-12-23)27(30(35)37-4)20(2)32-31(33)39-26/h5-17,28H,18H2,1-4H3. The van der Waals surface area contributed by atoms with Gasteiger partial charge in [0.05, 0.1) is 36.1 Å². The van der Waals surface area contributed by atoms with E-state index < -0.39 is 12.0 Å². The van der Waals surface area contributed by atoms with Crippen molar-refractivity contribution in [2.75, 3.05) is 14.2 Å². The molecule has 0 bridgehead atoms. The number of thiazole rings is 1. The van der Waals surface area contributed by atoms with Gasteiger partial charge in [0, 0.05) is 0 Å². The molecule has 3 aromatic carbocycles. The van der Waals surface area contributed by atoms with E-state index in [9.17, 15) is 9.59 Å². The van der Waals surface area contributed by atoms with Crippen LogP contribution in [0.25, 0.3) is 6.08 Å². The number of nitrogens with zero attached hydrogens (tertiary/aromatic N) is 2. The number of hydrogen-bond acceptors (Lipinski definition) is 7. The lowest BCUT2D eigenvalue weighted by Crippen LogP contribution is -2.39. The SMILES string of the molecule is COC(=O)C1=C(C)N=c2sc(=Cc3ccc(OCc4cccc(C)c4)c(OC)c3)c(=O)n2C1c1ccccc1. The van der Waals surface area contributed by atoms with Crippen LogP contribution >= 0.6 is 11.3 Å². The molecule has 0 spiro atoms. The number of fused-ring (bicyclic) bond motifs is 1. The maximum atomic E-state index is 13.7. The van der Waals surface area contributed by atoms with Crippen LogP contribution in [0.15, 0.2) is 93.9 Å². The van der Waals surface area contributed by atoms with Gasteiger partial charge in [0.2, 0.25) is 0 Å². The molecule has 1 unspecified atom stereocenters. The normalized spacial score (nSPS) is 15.0. The topological polar surface area (TPSA) is 79.1 Å². The number of hydrogen-bond donors (Lipinski definition) is 0. The van der Waals surface area contributed by atoms with E-state index in [0.29, 0.717) is 38.7 Å². The molecule has 0 fully saturated rings. The highest BCUT2D eigenvalue weighted by atomic mass is 32.1. The van der Waals surface area contributed by atoms with Gasteiger partial charge < -0.3 is 14.2 Å². The number of rotatable bonds is 7. The molecule has 1 atom stereocenters. The fourth-order valence-electron chi connectivity index (χ4n) is 4.65. The third-order valence-electron chi connectivity index (χ3n) is 6.50. The Balaban J connectivity index is 1.53. The second-order valence-corrected chi connectivity index (χ2v) is 10.2. The Morgan fingerprint density at radius 3 is 2.51 bits per heavy atom. The first-order valence-electron chi connectivity index (χ1n) is 12.4. The summed E-state index contributed by atoms with van der Waals surface area (Å²) < 4.78 is 18.7. The smallest absolute Gasteiger partial charge is 0.338 e. The van der Waals surface area contributed by atoms with Gasteiger partial charge in [-0.05, 0) is 48.7 Å². The predicted molar refractivity (Wildman–Crippen MR) is 151 cm³/mol. The number of carbonyl (C=O) groups is 1. The number of methoxy groups -OCH3 is 2. The van der Waals surface area contributed by atoms with Crippen molar-refractivity contribution in [3.63, 3.8) is 0 Å². The van der Waals surface area contributed by atoms with Gasteiger partial charge in [0.15, 0.2) is 16.3 Å². The van der Waals surface area contributed by atoms with E-state index in [-0.39, 0.29) is 5.56 Å². The molecule has 0 N–H and O–H groups in total. The van der Waals surface area contributed by atoms with Gasteiger partial charge in [-0.1, -0.05) is 77.6 Å². The number of carbonyl (C=O) groups excluding carboxylic acids is 1. The third kappa shape index (κ3) is 5.28. The molecule has 5 rings (SSSR count). The predicted octanol–water partition coefficient (Wildman–Crippen LogP) is 4.30. The number of esters is 1. The largest absolute Gasteiger partial charge is 0.493 e. The van der Waals surface area contributed by atoms with Gasteiger partial charge >= 0.3 is 5.97 Å². The van der Waals surface area contributed by atoms with Crippen LogP contribution in [0.3, 0.4) is 0 Å². The lowest BCUT2D eigenvalue weighted by molar-refractivity contribution is -0.136. The molecule has 39 heavy (non-hydrogen) atoms. The first-order valence-corrected chi connectivity index (χ1v) is 13.2. The molecule has 0 aliphatic carbocycles. The lowest BCUT2D eigenvalue weighted by Gasteiger charge is -2.24. The van der Waals surface area contributed by atoms with Crippen LogP contribution < -0.4 is 24.4 Å². The zero-order valence-electron chi connectivity index (χ0n) is 22.1. The Morgan fingerprint density at radius 1 is 1.00 bits per heavy atom. The highest BCUT2D eigenvalue weighted by Crippen LogP contribution is 2.31. The summed E-state index contributed by atoms with van der Waals surface area (Å²) in [6.45, 7) is 4.22. The van der Waals surface area contributed by atoms with Gasteiger partial charge in [0.1, 0.15) is 6.61 Å². The van der Waals surface area contributed by atoms with Crippen LogP contribution in [0.2, 0.25) is 0 Å². The van der Waals surface area contributed by atoms with Gasteiger partial charge in [-0.3, -0.25) is 9.36 Å². The monoisotopic (exact) mass is 540 g/mol. The number of aromatic nitrogens is 1. The molecule has 1 aromatic heterocycles. The number of aryl methyl sites for hydroxylation is 1. The molecule has 198 valence electrons. The lowest BCUT2D eigenvalue weighted by atomic mass is 9.96. The Hall–Kier alpha value is -4.43. The zero-order valence-corrected chi connectivity index (χ0v) is 23.0. The zero-order chi connectivity index (χ0) is 27.5. The molecule has 2 heterocycles. The first-order chi connectivity index (χ1) is 18.9. The minimum Gasteiger partial charge on any atom is -0.493 e. The molecule has 0 amide bonds. The van der Waals surface area contributed by atoms with Gasteiger partial charge in [-0.2, -0.15) is 0 Å². The Labute approximate surface area is 229 Å². The first kappa shape index (κ1) is 26.2. The van der Waals surface area contributed by atoms with Crippen molar-refractivity contribution in [2.24, 2.45) is 4.99 Å². The second-order valence-electron chi connectivity index (χ2n) is 9.17. The molecular weight excluding hydrogens is 512 g/mol. The van der Waals surface area contributed by atoms with E-state index in [4.69, 9.17) is 14.2 Å². The van der Waals surface area contributed by atoms with Gasteiger partial charge in [-0.15, -0.1) is 0 Å². The highest BCUT2D eigenvalue weighted by Gasteiger charge is 2.32. The highest BCUT2D eigenvalue weighted by molar-refractivity contribution is 7.07. The van der Waals surface area contributed by atoms with E-state index in [2.05, 4.69) is 11.1 Å². The molecular formula is C31H28N2O5S.